The number of methoxy groups -OCH3 is 1. The Labute approximate surface area is 192 Å². The lowest BCUT2D eigenvalue weighted by Gasteiger charge is -2.36. The van der Waals surface area contributed by atoms with Crippen molar-refractivity contribution in [1.29, 1.82) is 0 Å². The molecule has 3 aromatic rings. The minimum absolute atomic E-state index is 0.0263. The third kappa shape index (κ3) is 3.68. The molecule has 0 saturated heterocycles. The summed E-state index contributed by atoms with van der Waals surface area (Å²) in [5.41, 5.74) is 1.91. The van der Waals surface area contributed by atoms with Crippen LogP contribution in [0.25, 0.3) is 0 Å². The van der Waals surface area contributed by atoms with E-state index in [0.29, 0.717) is 17.1 Å². The van der Waals surface area contributed by atoms with Crippen LogP contribution < -0.4 is 19.5 Å². The van der Waals surface area contributed by atoms with Crippen LogP contribution in [0, 0.1) is 0 Å². The number of aromatic nitrogens is 1. The Bertz CT molecular complexity index is 1320. The molecule has 33 heavy (non-hydrogen) atoms. The zero-order valence-corrected chi connectivity index (χ0v) is 18.8. The third-order valence-corrected chi connectivity index (χ3v) is 7.65. The zero-order valence-electron chi connectivity index (χ0n) is 18.0. The lowest BCUT2D eigenvalue weighted by molar-refractivity contribution is -0.123. The van der Waals surface area contributed by atoms with Crippen molar-refractivity contribution >= 4 is 27.3 Å². The smallest absolute Gasteiger partial charge is 0.265 e. The molecule has 1 amide bonds. The summed E-state index contributed by atoms with van der Waals surface area (Å²) in [6.07, 6.45) is 5.75. The number of carbonyl (C=O) groups is 1. The summed E-state index contributed by atoms with van der Waals surface area (Å²) < 4.78 is 40.2. The van der Waals surface area contributed by atoms with Crippen LogP contribution in [0.2, 0.25) is 0 Å². The van der Waals surface area contributed by atoms with Crippen molar-refractivity contribution < 1.29 is 22.7 Å². The Kier molecular flexibility index (Phi) is 5.20. The standard InChI is InChI=1S/C24H23N3O5S/c1-31-19-7-2-3-8-21(19)33(29,30)27-17-12-18-22(26-23(28)24(18)9-5-10-24)20(13-17)32-15-16-6-4-11-25-14-16/h2-4,6-8,11-14,27H,5,9-10,15H2,1H3,(H,26,28). The average Bonchev–Trinajstić information content (AvgIpc) is 3.10. The molecule has 2 N–H and O–H groups in total. The van der Waals surface area contributed by atoms with Crippen molar-refractivity contribution in [3.8, 4) is 11.5 Å². The van der Waals surface area contributed by atoms with Crippen molar-refractivity contribution in [3.63, 3.8) is 0 Å². The van der Waals surface area contributed by atoms with Gasteiger partial charge in [0.25, 0.3) is 10.0 Å². The summed E-state index contributed by atoms with van der Waals surface area (Å²) in [7, 11) is -2.52. The molecule has 2 aliphatic rings. The summed E-state index contributed by atoms with van der Waals surface area (Å²) in [6.45, 7) is 0.228. The first-order chi connectivity index (χ1) is 15.9. The second-order valence-corrected chi connectivity index (χ2v) is 9.84. The van der Waals surface area contributed by atoms with Crippen LogP contribution in [0.15, 0.2) is 65.8 Å². The van der Waals surface area contributed by atoms with E-state index in [-0.39, 0.29) is 23.2 Å². The SMILES string of the molecule is COc1ccccc1S(=O)(=O)Nc1cc(OCc2cccnc2)c2c(c1)C1(CCC1)C(=O)N2. The van der Waals surface area contributed by atoms with E-state index in [2.05, 4.69) is 15.0 Å². The number of sulfonamides is 1. The second kappa shape index (κ2) is 8.08. The minimum Gasteiger partial charge on any atom is -0.495 e. The van der Waals surface area contributed by atoms with E-state index < -0.39 is 15.4 Å². The number of pyridine rings is 1. The number of ether oxygens (including phenoxy) is 2. The molecular formula is C24H23N3O5S. The summed E-state index contributed by atoms with van der Waals surface area (Å²) >= 11 is 0. The van der Waals surface area contributed by atoms with E-state index in [9.17, 15) is 13.2 Å². The third-order valence-electron chi connectivity index (χ3n) is 6.23. The predicted octanol–water partition coefficient (Wildman–Crippen LogP) is 3.84. The molecule has 0 radical (unpaired) electrons. The van der Waals surface area contributed by atoms with E-state index in [0.717, 1.165) is 30.4 Å². The van der Waals surface area contributed by atoms with Crippen LogP contribution in [-0.4, -0.2) is 26.4 Å². The first-order valence-electron chi connectivity index (χ1n) is 10.6. The number of benzene rings is 2. The fourth-order valence-electron chi connectivity index (χ4n) is 4.37. The molecule has 1 aliphatic heterocycles. The van der Waals surface area contributed by atoms with Gasteiger partial charge in [0.05, 0.1) is 23.9 Å². The van der Waals surface area contributed by atoms with Crippen molar-refractivity contribution in [1.82, 2.24) is 4.98 Å². The average molecular weight is 466 g/mol. The molecule has 1 saturated carbocycles. The normalized spacial score (nSPS) is 16.0. The maximum Gasteiger partial charge on any atom is 0.265 e. The topological polar surface area (TPSA) is 107 Å². The quantitative estimate of drug-likeness (QED) is 0.549. The van der Waals surface area contributed by atoms with E-state index in [1.54, 1.807) is 42.7 Å². The fourth-order valence-corrected chi connectivity index (χ4v) is 5.58. The van der Waals surface area contributed by atoms with E-state index >= 15 is 0 Å². The molecule has 170 valence electrons. The number of para-hydroxylation sites is 1. The maximum absolute atomic E-state index is 13.2. The van der Waals surface area contributed by atoms with E-state index in [1.165, 1.54) is 13.2 Å². The molecule has 0 bridgehead atoms. The predicted molar refractivity (Wildman–Crippen MR) is 123 cm³/mol. The van der Waals surface area contributed by atoms with Gasteiger partial charge in [0.1, 0.15) is 23.0 Å². The number of amides is 1. The molecule has 0 unspecified atom stereocenters. The van der Waals surface area contributed by atoms with Gasteiger partial charge in [-0.3, -0.25) is 14.5 Å². The molecule has 1 fully saturated rings. The number of nitrogens with one attached hydrogen (secondary N) is 2. The van der Waals surface area contributed by atoms with Gasteiger partial charge in [0.15, 0.2) is 0 Å². The highest BCUT2D eigenvalue weighted by molar-refractivity contribution is 7.92. The number of carbonyl (C=O) groups excluding carboxylic acids is 1. The van der Waals surface area contributed by atoms with Gasteiger partial charge in [-0.1, -0.05) is 24.6 Å². The van der Waals surface area contributed by atoms with Gasteiger partial charge in [0, 0.05) is 24.0 Å². The molecular weight excluding hydrogens is 442 g/mol. The van der Waals surface area contributed by atoms with Gasteiger partial charge in [-0.2, -0.15) is 0 Å². The Morgan fingerprint density at radius 2 is 1.94 bits per heavy atom. The van der Waals surface area contributed by atoms with Gasteiger partial charge in [-0.25, -0.2) is 8.42 Å². The second-order valence-electron chi connectivity index (χ2n) is 8.19. The summed E-state index contributed by atoms with van der Waals surface area (Å²) in [6, 6.07) is 13.4. The monoisotopic (exact) mass is 465 g/mol. The Balaban J connectivity index is 1.53. The number of fused-ring (bicyclic) bond motifs is 2. The first kappa shape index (κ1) is 21.3. The molecule has 1 aromatic heterocycles. The van der Waals surface area contributed by atoms with Crippen molar-refractivity contribution in [2.45, 2.75) is 36.2 Å². The van der Waals surface area contributed by atoms with Crippen LogP contribution in [0.1, 0.15) is 30.4 Å². The molecule has 9 heteroatoms. The maximum atomic E-state index is 13.2. The number of nitrogens with zero attached hydrogens (tertiary/aromatic N) is 1. The highest BCUT2D eigenvalue weighted by Gasteiger charge is 2.52. The van der Waals surface area contributed by atoms with Gasteiger partial charge in [0.2, 0.25) is 5.91 Å². The number of hydrogen-bond donors (Lipinski definition) is 2. The van der Waals surface area contributed by atoms with Gasteiger partial charge in [-0.15, -0.1) is 0 Å². The molecule has 8 nitrogen and oxygen atoms in total. The summed E-state index contributed by atoms with van der Waals surface area (Å²) in [5.74, 6) is 0.581. The van der Waals surface area contributed by atoms with Gasteiger partial charge < -0.3 is 14.8 Å². The molecule has 1 aliphatic carbocycles. The lowest BCUT2D eigenvalue weighted by atomic mass is 9.65. The van der Waals surface area contributed by atoms with Crippen molar-refractivity contribution in [2.24, 2.45) is 0 Å². The first-order valence-corrected chi connectivity index (χ1v) is 12.1. The molecule has 5 rings (SSSR count). The van der Waals surface area contributed by atoms with E-state index in [4.69, 9.17) is 9.47 Å². The number of rotatable bonds is 7. The summed E-state index contributed by atoms with van der Waals surface area (Å²) in [4.78, 5) is 16.9. The van der Waals surface area contributed by atoms with E-state index in [1.807, 2.05) is 12.1 Å². The molecule has 2 heterocycles. The van der Waals surface area contributed by atoms with Gasteiger partial charge in [-0.05, 0) is 42.7 Å². The van der Waals surface area contributed by atoms with Crippen molar-refractivity contribution in [2.75, 3.05) is 17.1 Å². The molecule has 1 spiro atoms. The number of anilines is 2. The Morgan fingerprint density at radius 3 is 2.64 bits per heavy atom. The zero-order chi connectivity index (χ0) is 23.1. The summed E-state index contributed by atoms with van der Waals surface area (Å²) in [5, 5.41) is 2.96. The molecule has 2 aromatic carbocycles. The van der Waals surface area contributed by atoms with Crippen LogP contribution in [-0.2, 0) is 26.8 Å². The minimum atomic E-state index is -3.94. The van der Waals surface area contributed by atoms with Crippen LogP contribution in [0.3, 0.4) is 0 Å². The highest BCUT2D eigenvalue weighted by atomic mass is 32.2. The van der Waals surface area contributed by atoms with Crippen LogP contribution in [0.4, 0.5) is 11.4 Å². The largest absolute Gasteiger partial charge is 0.495 e. The van der Waals surface area contributed by atoms with Crippen LogP contribution >= 0.6 is 0 Å². The van der Waals surface area contributed by atoms with Gasteiger partial charge >= 0.3 is 0 Å². The lowest BCUT2D eigenvalue weighted by Crippen LogP contribution is -2.40. The number of hydrogen-bond acceptors (Lipinski definition) is 6. The Morgan fingerprint density at radius 1 is 1.12 bits per heavy atom. The molecule has 0 atom stereocenters. The fraction of sp³-hybridized carbons (Fsp3) is 0.250. The Hall–Kier alpha value is -3.59. The highest BCUT2D eigenvalue weighted by Crippen LogP contribution is 2.54. The van der Waals surface area contributed by atoms with Crippen LogP contribution in [0.5, 0.6) is 11.5 Å². The van der Waals surface area contributed by atoms with Crippen molar-refractivity contribution in [3.05, 3.63) is 72.1 Å².